The topological polar surface area (TPSA) is 67.4 Å². The van der Waals surface area contributed by atoms with E-state index in [0.717, 1.165) is 13.0 Å². The van der Waals surface area contributed by atoms with Crippen LogP contribution in [0.15, 0.2) is 0 Å². The van der Waals surface area contributed by atoms with Crippen LogP contribution in [-0.2, 0) is 14.8 Å². The third-order valence-corrected chi connectivity index (χ3v) is 3.88. The first kappa shape index (κ1) is 18.8. The molecule has 0 radical (unpaired) electrons. The van der Waals surface area contributed by atoms with Gasteiger partial charge in [0, 0.05) is 19.2 Å². The molecule has 0 aliphatic carbocycles. The Kier molecular flexibility index (Phi) is 10.5. The molecule has 6 heteroatoms. The molecule has 0 saturated carbocycles. The summed E-state index contributed by atoms with van der Waals surface area (Å²) < 4.78 is 31.2. The molecule has 19 heavy (non-hydrogen) atoms. The van der Waals surface area contributed by atoms with E-state index in [4.69, 9.17) is 4.74 Å². The fourth-order valence-corrected chi connectivity index (χ4v) is 2.59. The lowest BCUT2D eigenvalue weighted by Crippen LogP contribution is -2.30. The first-order chi connectivity index (χ1) is 8.83. The number of hydrogen-bond acceptors (Lipinski definition) is 4. The molecule has 0 fully saturated rings. The fraction of sp³-hybridized carbons (Fsp3) is 1.00. The summed E-state index contributed by atoms with van der Waals surface area (Å²) >= 11 is 0. The average Bonchev–Trinajstić information content (AvgIpc) is 2.27. The van der Waals surface area contributed by atoms with E-state index in [1.807, 2.05) is 0 Å². The average molecular weight is 294 g/mol. The van der Waals surface area contributed by atoms with Gasteiger partial charge in [-0.3, -0.25) is 0 Å². The van der Waals surface area contributed by atoms with Crippen LogP contribution in [0, 0.1) is 5.92 Å². The van der Waals surface area contributed by atoms with Gasteiger partial charge in [-0.25, -0.2) is 13.1 Å². The Hall–Kier alpha value is -0.170. The van der Waals surface area contributed by atoms with Crippen LogP contribution in [-0.4, -0.2) is 46.5 Å². The number of sulfonamides is 1. The summed E-state index contributed by atoms with van der Waals surface area (Å²) in [4.78, 5) is 0. The highest BCUT2D eigenvalue weighted by molar-refractivity contribution is 7.89. The van der Waals surface area contributed by atoms with Gasteiger partial charge in [0.2, 0.25) is 10.0 Å². The van der Waals surface area contributed by atoms with Crippen LogP contribution < -0.4 is 10.0 Å². The van der Waals surface area contributed by atoms with E-state index in [1.54, 1.807) is 0 Å². The van der Waals surface area contributed by atoms with E-state index in [0.29, 0.717) is 38.1 Å². The highest BCUT2D eigenvalue weighted by atomic mass is 32.2. The SMILES string of the molecule is CC(C)COCCNS(=O)(=O)CCCCNC(C)C. The van der Waals surface area contributed by atoms with Crippen LogP contribution in [0.2, 0.25) is 0 Å². The number of ether oxygens (including phenoxy) is 1. The highest BCUT2D eigenvalue weighted by Crippen LogP contribution is 1.95. The van der Waals surface area contributed by atoms with Gasteiger partial charge >= 0.3 is 0 Å². The second-order valence-electron chi connectivity index (χ2n) is 5.50. The molecular formula is C13H30N2O3S. The summed E-state index contributed by atoms with van der Waals surface area (Å²) in [5.74, 6) is 0.668. The summed E-state index contributed by atoms with van der Waals surface area (Å²) in [5.41, 5.74) is 0. The zero-order chi connectivity index (χ0) is 14.7. The Morgan fingerprint density at radius 3 is 2.32 bits per heavy atom. The molecule has 0 aromatic rings. The second-order valence-corrected chi connectivity index (χ2v) is 7.42. The van der Waals surface area contributed by atoms with Gasteiger partial charge in [-0.05, 0) is 25.3 Å². The number of nitrogens with one attached hydrogen (secondary N) is 2. The lowest BCUT2D eigenvalue weighted by Gasteiger charge is -2.10. The lowest BCUT2D eigenvalue weighted by molar-refractivity contribution is 0.114. The largest absolute Gasteiger partial charge is 0.380 e. The van der Waals surface area contributed by atoms with Gasteiger partial charge in [0.1, 0.15) is 0 Å². The van der Waals surface area contributed by atoms with E-state index >= 15 is 0 Å². The molecule has 0 rings (SSSR count). The predicted molar refractivity (Wildman–Crippen MR) is 79.8 cm³/mol. The van der Waals surface area contributed by atoms with Gasteiger partial charge in [0.25, 0.3) is 0 Å². The molecule has 5 nitrogen and oxygen atoms in total. The monoisotopic (exact) mass is 294 g/mol. The van der Waals surface area contributed by atoms with Crippen LogP contribution >= 0.6 is 0 Å². The summed E-state index contributed by atoms with van der Waals surface area (Å²) in [6.07, 6.45) is 1.56. The molecule has 0 amide bonds. The Bertz CT molecular complexity index is 279. The normalized spacial score (nSPS) is 12.5. The van der Waals surface area contributed by atoms with E-state index in [1.165, 1.54) is 0 Å². The molecule has 0 atom stereocenters. The summed E-state index contributed by atoms with van der Waals surface area (Å²) in [6, 6.07) is 0.452. The highest BCUT2D eigenvalue weighted by Gasteiger charge is 2.08. The Balaban J connectivity index is 3.53. The maximum atomic E-state index is 11.6. The van der Waals surface area contributed by atoms with Gasteiger partial charge in [-0.15, -0.1) is 0 Å². The van der Waals surface area contributed by atoms with Crippen molar-refractivity contribution in [2.75, 3.05) is 32.1 Å². The molecule has 0 aliphatic rings. The van der Waals surface area contributed by atoms with Gasteiger partial charge in [-0.2, -0.15) is 0 Å². The molecule has 0 heterocycles. The van der Waals surface area contributed by atoms with Crippen LogP contribution in [0.25, 0.3) is 0 Å². The standard InChI is InChI=1S/C13H30N2O3S/c1-12(2)11-18-9-8-15-19(16,17)10-6-5-7-14-13(3)4/h12-15H,5-11H2,1-4H3. The van der Waals surface area contributed by atoms with Gasteiger partial charge < -0.3 is 10.1 Å². The Morgan fingerprint density at radius 2 is 1.74 bits per heavy atom. The fourth-order valence-electron chi connectivity index (χ4n) is 1.47. The van der Waals surface area contributed by atoms with Gasteiger partial charge in [-0.1, -0.05) is 27.7 Å². The molecule has 0 aromatic carbocycles. The minimum Gasteiger partial charge on any atom is -0.380 e. The van der Waals surface area contributed by atoms with Gasteiger partial charge in [0.15, 0.2) is 0 Å². The van der Waals surface area contributed by atoms with E-state index in [2.05, 4.69) is 37.7 Å². The molecule has 0 aliphatic heterocycles. The summed E-state index contributed by atoms with van der Waals surface area (Å²) in [5, 5.41) is 3.27. The Labute approximate surface area is 118 Å². The van der Waals surface area contributed by atoms with Crippen LogP contribution in [0.5, 0.6) is 0 Å². The van der Waals surface area contributed by atoms with Crippen molar-refractivity contribution in [3.8, 4) is 0 Å². The zero-order valence-electron chi connectivity index (χ0n) is 12.7. The van der Waals surface area contributed by atoms with E-state index in [-0.39, 0.29) is 5.75 Å². The minimum absolute atomic E-state index is 0.191. The third kappa shape index (κ3) is 14.1. The predicted octanol–water partition coefficient (Wildman–Crippen LogP) is 1.36. The van der Waals surface area contributed by atoms with Crippen molar-refractivity contribution >= 4 is 10.0 Å². The minimum atomic E-state index is -3.14. The molecule has 0 unspecified atom stereocenters. The van der Waals surface area contributed by atoms with Crippen LogP contribution in [0.4, 0.5) is 0 Å². The van der Waals surface area contributed by atoms with Crippen molar-refractivity contribution in [2.45, 2.75) is 46.6 Å². The van der Waals surface area contributed by atoms with Crippen molar-refractivity contribution in [1.29, 1.82) is 0 Å². The van der Waals surface area contributed by atoms with Gasteiger partial charge in [0.05, 0.1) is 12.4 Å². The van der Waals surface area contributed by atoms with Crippen molar-refractivity contribution in [3.05, 3.63) is 0 Å². The molecule has 0 saturated heterocycles. The maximum absolute atomic E-state index is 11.6. The number of rotatable bonds is 12. The molecule has 0 spiro atoms. The summed E-state index contributed by atoms with van der Waals surface area (Å²) in [6.45, 7) is 10.6. The Morgan fingerprint density at radius 1 is 1.05 bits per heavy atom. The smallest absolute Gasteiger partial charge is 0.211 e. The molecular weight excluding hydrogens is 264 g/mol. The number of unbranched alkanes of at least 4 members (excludes halogenated alkanes) is 1. The lowest BCUT2D eigenvalue weighted by atomic mass is 10.2. The van der Waals surface area contributed by atoms with Crippen molar-refractivity contribution in [3.63, 3.8) is 0 Å². The first-order valence-electron chi connectivity index (χ1n) is 7.12. The molecule has 0 bridgehead atoms. The summed E-state index contributed by atoms with van der Waals surface area (Å²) in [7, 11) is -3.14. The molecule has 2 N–H and O–H groups in total. The van der Waals surface area contributed by atoms with Crippen molar-refractivity contribution < 1.29 is 13.2 Å². The second kappa shape index (κ2) is 10.6. The van der Waals surface area contributed by atoms with E-state index < -0.39 is 10.0 Å². The molecule has 116 valence electrons. The van der Waals surface area contributed by atoms with Crippen molar-refractivity contribution in [2.24, 2.45) is 5.92 Å². The maximum Gasteiger partial charge on any atom is 0.211 e. The van der Waals surface area contributed by atoms with E-state index in [9.17, 15) is 8.42 Å². The molecule has 0 aromatic heterocycles. The third-order valence-electron chi connectivity index (χ3n) is 2.41. The van der Waals surface area contributed by atoms with Crippen LogP contribution in [0.1, 0.15) is 40.5 Å². The number of hydrogen-bond donors (Lipinski definition) is 2. The van der Waals surface area contributed by atoms with Crippen LogP contribution in [0.3, 0.4) is 0 Å². The van der Waals surface area contributed by atoms with Crippen molar-refractivity contribution in [1.82, 2.24) is 10.0 Å². The first-order valence-corrected chi connectivity index (χ1v) is 8.77. The zero-order valence-corrected chi connectivity index (χ0v) is 13.6. The quantitative estimate of drug-likeness (QED) is 0.533.